The Morgan fingerprint density at radius 2 is 0.879 bits per heavy atom. The number of fused-ring (bicyclic) bond motifs is 6. The zero-order valence-electron chi connectivity index (χ0n) is 39.5. The summed E-state index contributed by atoms with van der Waals surface area (Å²) >= 11 is 0. The number of piperidine rings is 4. The van der Waals surface area contributed by atoms with Crippen molar-refractivity contribution in [2.45, 2.75) is 209 Å². The smallest absolute Gasteiger partial charge is 0.870 e. The molecule has 14 heteroatoms. The van der Waals surface area contributed by atoms with Crippen molar-refractivity contribution in [1.29, 1.82) is 0 Å². The minimum Gasteiger partial charge on any atom is -0.870 e. The molecule has 4 saturated heterocycles. The Hall–Kier alpha value is -3.46. The number of rotatable bonds is 7. The van der Waals surface area contributed by atoms with Crippen LogP contribution in [-0.4, -0.2) is 94.3 Å². The number of aromatic carboxylic acids is 1. The molecule has 6 fully saturated rings. The van der Waals surface area contributed by atoms with E-state index in [9.17, 15) is 24.3 Å². The van der Waals surface area contributed by atoms with Gasteiger partial charge in [-0.2, -0.15) is 0 Å². The number of carboxylic acids is 1. The van der Waals surface area contributed by atoms with Gasteiger partial charge in [0.15, 0.2) is 0 Å². The number of carbonyl (C=O) groups excluding carboxylic acids is 1. The summed E-state index contributed by atoms with van der Waals surface area (Å²) in [6.45, 7) is 1.99. The Labute approximate surface area is 411 Å². The summed E-state index contributed by atoms with van der Waals surface area (Å²) in [6.07, 6.45) is 30.0. The van der Waals surface area contributed by atoms with Gasteiger partial charge in [0.1, 0.15) is 0 Å². The second-order valence-corrected chi connectivity index (χ2v) is 19.9. The van der Waals surface area contributed by atoms with Crippen LogP contribution in [0.3, 0.4) is 0 Å². The number of carboxylic acid groups (broad SMARTS) is 1. The van der Waals surface area contributed by atoms with Crippen LogP contribution >= 0.6 is 0 Å². The van der Waals surface area contributed by atoms with E-state index >= 15 is 0 Å². The zero-order chi connectivity index (χ0) is 44.2. The molecule has 2 aromatic heterocycles. The molecule has 2 aromatic carbocycles. The van der Waals surface area contributed by atoms with Gasteiger partial charge in [0.2, 0.25) is 11.4 Å². The van der Waals surface area contributed by atoms with Gasteiger partial charge in [0, 0.05) is 48.3 Å². The molecule has 13 nitrogen and oxygen atoms in total. The number of hydrogen-bond donors (Lipinski definition) is 1. The number of aromatic nitrogens is 4. The molecule has 10 rings (SSSR count). The maximum atomic E-state index is 13.6. The van der Waals surface area contributed by atoms with Crippen LogP contribution in [0, 0.1) is 0 Å². The molecule has 0 radical (unpaired) electrons. The third-order valence-electron chi connectivity index (χ3n) is 16.0. The topological polar surface area (TPSA) is 170 Å². The average Bonchev–Trinajstić information content (AvgIpc) is 3.25. The first-order valence-corrected chi connectivity index (χ1v) is 25.3. The van der Waals surface area contributed by atoms with E-state index in [1.165, 1.54) is 128 Å². The summed E-state index contributed by atoms with van der Waals surface area (Å²) in [5, 5.41) is 9.59. The van der Waals surface area contributed by atoms with Gasteiger partial charge in [0.05, 0.1) is 28.7 Å². The van der Waals surface area contributed by atoms with Gasteiger partial charge >= 0.3 is 41.5 Å². The molecule has 0 amide bonds. The molecule has 4 bridgehead atoms. The van der Waals surface area contributed by atoms with Gasteiger partial charge in [-0.25, -0.2) is 19.6 Å². The molecule has 6 atom stereocenters. The number of esters is 1. The van der Waals surface area contributed by atoms with Gasteiger partial charge in [-0.15, -0.1) is 0 Å². The van der Waals surface area contributed by atoms with E-state index in [4.69, 9.17) is 4.74 Å². The summed E-state index contributed by atoms with van der Waals surface area (Å²) in [4.78, 5) is 65.3. The van der Waals surface area contributed by atoms with Gasteiger partial charge in [-0.1, -0.05) is 101 Å². The van der Waals surface area contributed by atoms with E-state index in [-0.39, 0.29) is 70.7 Å². The fourth-order valence-electron chi connectivity index (χ4n) is 13.4. The Bertz CT molecular complexity index is 2360. The van der Waals surface area contributed by atoms with Crippen LogP contribution in [0.2, 0.25) is 0 Å². The van der Waals surface area contributed by atoms with Crippen molar-refractivity contribution < 1.29 is 54.5 Å². The van der Waals surface area contributed by atoms with E-state index in [0.29, 0.717) is 47.3 Å². The molecule has 2 aliphatic carbocycles. The van der Waals surface area contributed by atoms with Gasteiger partial charge in [-0.05, 0) is 108 Å². The second-order valence-electron chi connectivity index (χ2n) is 19.9. The Kier molecular flexibility index (Phi) is 17.7. The normalized spacial score (nSPS) is 26.8. The van der Waals surface area contributed by atoms with Crippen molar-refractivity contribution in [1.82, 2.24) is 28.9 Å². The van der Waals surface area contributed by atoms with Crippen LogP contribution in [-0.2, 0) is 4.74 Å². The molecule has 6 heterocycles. The molecule has 2 N–H and O–H groups in total. The van der Waals surface area contributed by atoms with Crippen molar-refractivity contribution in [2.75, 3.05) is 6.61 Å². The first kappa shape index (κ1) is 50.4. The quantitative estimate of drug-likeness (QED) is 0.152. The van der Waals surface area contributed by atoms with E-state index in [2.05, 4.69) is 19.8 Å². The second kappa shape index (κ2) is 23.2. The fourth-order valence-corrected chi connectivity index (χ4v) is 13.4. The number of ether oxygens (including phenoxy) is 1. The maximum Gasteiger partial charge on any atom is 1.00 e. The van der Waals surface area contributed by atoms with Crippen LogP contribution in [0.1, 0.15) is 194 Å². The largest absolute Gasteiger partial charge is 1.00 e. The third kappa shape index (κ3) is 10.7. The predicted octanol–water partition coefficient (Wildman–Crippen LogP) is 6.84. The molecule has 2 unspecified atom stereocenters. The Balaban J connectivity index is 0.000000191. The molecule has 352 valence electrons. The molecule has 66 heavy (non-hydrogen) atoms. The summed E-state index contributed by atoms with van der Waals surface area (Å²) in [7, 11) is 0. The summed E-state index contributed by atoms with van der Waals surface area (Å²) in [5.41, 5.74) is 1.69. The molecule has 4 aromatic rings. The monoisotopic (exact) mass is 915 g/mol. The van der Waals surface area contributed by atoms with Crippen LogP contribution in [0.5, 0.6) is 0 Å². The Morgan fingerprint density at radius 1 is 0.530 bits per heavy atom. The number of benzene rings is 2. The third-order valence-corrected chi connectivity index (χ3v) is 16.0. The van der Waals surface area contributed by atoms with Crippen molar-refractivity contribution in [3.63, 3.8) is 0 Å². The number of para-hydroxylation sites is 4. The zero-order valence-corrected chi connectivity index (χ0v) is 41.5. The number of hydrogen-bond acceptors (Lipinski definition) is 10. The summed E-state index contributed by atoms with van der Waals surface area (Å²) in [5.74, 6) is -1.86. The van der Waals surface area contributed by atoms with Crippen molar-refractivity contribution in [3.05, 3.63) is 80.6 Å². The van der Waals surface area contributed by atoms with E-state index < -0.39 is 17.5 Å². The molecule has 4 aliphatic heterocycles. The number of carbonyl (C=O) groups is 2. The minimum absolute atomic E-state index is 0. The average molecular weight is 915 g/mol. The minimum atomic E-state index is -1.24. The number of nitrogens with zero attached hydrogens (tertiary/aromatic N) is 6. The standard InChI is InChI=1S/C27H37N3O3.C25H33N3O3.Na.H2O/c1-2-33-27(32)25-26(31)30(24-16-9-8-15-23(24)28-25)22-17-20-13-10-14-21(18-22)29(20)19-11-6-4-3-5-7-12-19;29-24-23(25(30)31)26-21-13-6-7-14-22(21)28(24)20-15-18-11-8-12-19(16-20)27(18)17-9-4-2-1-3-5-10-17;;/h8-9,15-16,19-22H,2-7,10-14,17-18H2,1H3;6-7,13-14,17-20H,1-5,8-12,15-16H2,(H,30,31);;1H2/q;;+1;/p-1/t20-,21+,22?;18-,19+,20?;;. The SMILES string of the molecule is CCOC(=O)c1nc2ccccc2n(C2C[C@H]3CCC[C@@H](C2)N3C2CCCCCCC2)c1=O.O=C(O)c1nc2ccccc2n(C2C[C@H]3CCC[C@@H](C2)N3C2CCCCCCC2)c1=O.[Na+].[OH-]. The summed E-state index contributed by atoms with van der Waals surface area (Å²) < 4.78 is 8.82. The van der Waals surface area contributed by atoms with Gasteiger partial charge in [-0.3, -0.25) is 19.4 Å². The molecule has 6 aliphatic rings. The van der Waals surface area contributed by atoms with Crippen LogP contribution in [0.25, 0.3) is 22.1 Å². The fraction of sp³-hybridized carbons (Fsp3) is 0.654. The van der Waals surface area contributed by atoms with Gasteiger partial charge in [0.25, 0.3) is 11.1 Å². The van der Waals surface area contributed by atoms with E-state index in [1.807, 2.05) is 53.1 Å². The molecular formula is C52H71N6NaO7. The van der Waals surface area contributed by atoms with Crippen LogP contribution in [0.4, 0.5) is 0 Å². The Morgan fingerprint density at radius 3 is 1.27 bits per heavy atom. The van der Waals surface area contributed by atoms with E-state index in [1.54, 1.807) is 11.5 Å². The maximum absolute atomic E-state index is 13.6. The molecule has 0 spiro atoms. The van der Waals surface area contributed by atoms with Crippen molar-refractivity contribution in [3.8, 4) is 0 Å². The van der Waals surface area contributed by atoms with Crippen molar-refractivity contribution >= 4 is 34.0 Å². The predicted molar refractivity (Wildman–Crippen MR) is 252 cm³/mol. The van der Waals surface area contributed by atoms with Crippen LogP contribution in [0.15, 0.2) is 58.1 Å². The van der Waals surface area contributed by atoms with Crippen molar-refractivity contribution in [2.24, 2.45) is 0 Å². The first-order valence-electron chi connectivity index (χ1n) is 25.3. The van der Waals surface area contributed by atoms with Crippen LogP contribution < -0.4 is 40.7 Å². The molecular weight excluding hydrogens is 844 g/mol. The van der Waals surface area contributed by atoms with E-state index in [0.717, 1.165) is 36.7 Å². The first-order chi connectivity index (χ1) is 31.3. The molecule has 2 saturated carbocycles. The summed E-state index contributed by atoms with van der Waals surface area (Å²) in [6, 6.07) is 18.7. The van der Waals surface area contributed by atoms with Gasteiger partial charge < -0.3 is 24.5 Å².